The highest BCUT2D eigenvalue weighted by Crippen LogP contribution is 2.45. The molecule has 0 unspecified atom stereocenters. The van der Waals surface area contributed by atoms with Crippen LogP contribution in [0.1, 0.15) is 42.5 Å². The number of benzene rings is 2. The average molecular weight is 463 g/mol. The van der Waals surface area contributed by atoms with Crippen molar-refractivity contribution in [2.24, 2.45) is 11.7 Å². The second-order valence-corrected chi connectivity index (χ2v) is 8.86. The number of rotatable bonds is 7. The van der Waals surface area contributed by atoms with E-state index < -0.39 is 18.3 Å². The van der Waals surface area contributed by atoms with E-state index in [0.717, 1.165) is 24.0 Å². The van der Waals surface area contributed by atoms with Crippen molar-refractivity contribution in [3.05, 3.63) is 69.7 Å². The number of morpholine rings is 1. The first-order chi connectivity index (χ1) is 14.9. The first-order valence-corrected chi connectivity index (χ1v) is 11.1. The third kappa shape index (κ3) is 5.32. The lowest BCUT2D eigenvalue weighted by Crippen LogP contribution is -2.51. The van der Waals surface area contributed by atoms with Crippen LogP contribution in [0.2, 0.25) is 10.0 Å². The van der Waals surface area contributed by atoms with Crippen molar-refractivity contribution in [1.29, 1.82) is 0 Å². The standard InChI is InChI=1S/C23H24Cl2N2O4/c24-17-8-6-15(7-9-17)20-21(16-2-1-3-18(25)12-16)31-19(10-11-30-23(26)29)22(28)27(20)13-14-4-5-14/h1-3,6-9,12,14,19-21H,4-5,10-11,13H2,(H2,26,29)/t19-,20+,21-/m0/s1. The summed E-state index contributed by atoms with van der Waals surface area (Å²) in [6.07, 6.45) is 0.391. The van der Waals surface area contributed by atoms with E-state index in [2.05, 4.69) is 0 Å². The number of halogens is 2. The number of hydrogen-bond acceptors (Lipinski definition) is 4. The van der Waals surface area contributed by atoms with E-state index in [-0.39, 0.29) is 25.0 Å². The summed E-state index contributed by atoms with van der Waals surface area (Å²) in [6, 6.07) is 14.6. The van der Waals surface area contributed by atoms with Crippen molar-refractivity contribution in [3.8, 4) is 0 Å². The zero-order chi connectivity index (χ0) is 22.0. The van der Waals surface area contributed by atoms with Gasteiger partial charge in [-0.2, -0.15) is 0 Å². The summed E-state index contributed by atoms with van der Waals surface area (Å²) in [6.45, 7) is 0.663. The number of ether oxygens (including phenoxy) is 2. The maximum atomic E-state index is 13.4. The van der Waals surface area contributed by atoms with Crippen LogP contribution in [-0.4, -0.2) is 36.2 Å². The van der Waals surface area contributed by atoms with Crippen molar-refractivity contribution in [3.63, 3.8) is 0 Å². The monoisotopic (exact) mass is 462 g/mol. The molecular formula is C23H24Cl2N2O4. The minimum Gasteiger partial charge on any atom is -0.450 e. The lowest BCUT2D eigenvalue weighted by Gasteiger charge is -2.45. The largest absolute Gasteiger partial charge is 0.450 e. The van der Waals surface area contributed by atoms with Gasteiger partial charge in [-0.15, -0.1) is 0 Å². The molecule has 2 aliphatic rings. The Morgan fingerprint density at radius 1 is 1.10 bits per heavy atom. The molecule has 1 saturated heterocycles. The normalized spacial score (nSPS) is 23.6. The van der Waals surface area contributed by atoms with Crippen molar-refractivity contribution >= 4 is 35.2 Å². The van der Waals surface area contributed by atoms with E-state index in [0.29, 0.717) is 22.5 Å². The van der Waals surface area contributed by atoms with E-state index in [1.54, 1.807) is 6.07 Å². The molecule has 1 saturated carbocycles. The molecule has 0 bridgehead atoms. The summed E-state index contributed by atoms with van der Waals surface area (Å²) < 4.78 is 11.2. The maximum Gasteiger partial charge on any atom is 0.404 e. The van der Waals surface area contributed by atoms with Crippen molar-refractivity contribution in [2.45, 2.75) is 37.5 Å². The number of amides is 2. The van der Waals surface area contributed by atoms with Crippen molar-refractivity contribution in [1.82, 2.24) is 4.90 Å². The summed E-state index contributed by atoms with van der Waals surface area (Å²) in [5.74, 6) is 0.373. The third-order valence-electron chi connectivity index (χ3n) is 5.66. The van der Waals surface area contributed by atoms with Crippen LogP contribution in [0.25, 0.3) is 0 Å². The number of hydrogen-bond donors (Lipinski definition) is 1. The molecule has 6 nitrogen and oxygen atoms in total. The molecule has 1 heterocycles. The number of primary amides is 1. The summed E-state index contributed by atoms with van der Waals surface area (Å²) in [5, 5.41) is 1.22. The molecule has 2 aromatic rings. The third-order valence-corrected chi connectivity index (χ3v) is 6.14. The van der Waals surface area contributed by atoms with Gasteiger partial charge in [0.1, 0.15) is 12.2 Å². The minimum atomic E-state index is -0.872. The van der Waals surface area contributed by atoms with Gasteiger partial charge in [-0.05, 0) is 54.2 Å². The van der Waals surface area contributed by atoms with Gasteiger partial charge in [0.2, 0.25) is 0 Å². The van der Waals surface area contributed by atoms with Crippen LogP contribution >= 0.6 is 23.2 Å². The highest BCUT2D eigenvalue weighted by Gasteiger charge is 2.45. The van der Waals surface area contributed by atoms with Gasteiger partial charge in [-0.1, -0.05) is 47.5 Å². The predicted octanol–water partition coefficient (Wildman–Crippen LogP) is 4.90. The summed E-state index contributed by atoms with van der Waals surface area (Å²) in [7, 11) is 0. The van der Waals surface area contributed by atoms with Crippen LogP contribution in [0.4, 0.5) is 4.79 Å². The molecule has 4 rings (SSSR count). The van der Waals surface area contributed by atoms with E-state index in [9.17, 15) is 9.59 Å². The fourth-order valence-electron chi connectivity index (χ4n) is 3.99. The molecule has 1 aliphatic carbocycles. The Kier molecular flexibility index (Phi) is 6.70. The Bertz CT molecular complexity index is 949. The maximum absolute atomic E-state index is 13.4. The summed E-state index contributed by atoms with van der Waals surface area (Å²) >= 11 is 12.4. The molecule has 2 amide bonds. The summed E-state index contributed by atoms with van der Waals surface area (Å²) in [5.41, 5.74) is 6.88. The highest BCUT2D eigenvalue weighted by atomic mass is 35.5. The molecule has 2 N–H and O–H groups in total. The molecule has 1 aliphatic heterocycles. The number of nitrogens with zero attached hydrogens (tertiary/aromatic N) is 1. The molecule has 0 radical (unpaired) electrons. The van der Waals surface area contributed by atoms with Gasteiger partial charge in [0.25, 0.3) is 5.91 Å². The molecule has 164 valence electrons. The van der Waals surface area contributed by atoms with Crippen LogP contribution in [0, 0.1) is 5.92 Å². The van der Waals surface area contributed by atoms with E-state index in [1.807, 2.05) is 47.4 Å². The molecular weight excluding hydrogens is 439 g/mol. The molecule has 8 heteroatoms. The number of nitrogens with two attached hydrogens (primary N) is 1. The fourth-order valence-corrected chi connectivity index (χ4v) is 4.32. The van der Waals surface area contributed by atoms with Crippen molar-refractivity contribution < 1.29 is 19.1 Å². The summed E-state index contributed by atoms with van der Waals surface area (Å²) in [4.78, 5) is 26.3. The zero-order valence-electron chi connectivity index (χ0n) is 16.9. The van der Waals surface area contributed by atoms with Crippen LogP contribution in [0.3, 0.4) is 0 Å². The van der Waals surface area contributed by atoms with Gasteiger partial charge >= 0.3 is 6.09 Å². The van der Waals surface area contributed by atoms with Gasteiger partial charge < -0.3 is 20.1 Å². The van der Waals surface area contributed by atoms with Gasteiger partial charge in [-0.3, -0.25) is 4.79 Å². The lowest BCUT2D eigenvalue weighted by molar-refractivity contribution is -0.176. The zero-order valence-corrected chi connectivity index (χ0v) is 18.4. The smallest absolute Gasteiger partial charge is 0.404 e. The lowest BCUT2D eigenvalue weighted by atomic mass is 9.91. The van der Waals surface area contributed by atoms with Gasteiger partial charge in [0.15, 0.2) is 0 Å². The highest BCUT2D eigenvalue weighted by molar-refractivity contribution is 6.30. The van der Waals surface area contributed by atoms with Gasteiger partial charge in [0.05, 0.1) is 12.6 Å². The molecule has 31 heavy (non-hydrogen) atoms. The van der Waals surface area contributed by atoms with E-state index in [1.165, 1.54) is 0 Å². The van der Waals surface area contributed by atoms with Gasteiger partial charge in [-0.25, -0.2) is 4.79 Å². The minimum absolute atomic E-state index is 0.0108. The molecule has 0 aromatic heterocycles. The Balaban J connectivity index is 1.71. The Morgan fingerprint density at radius 3 is 2.48 bits per heavy atom. The molecule has 3 atom stereocenters. The van der Waals surface area contributed by atoms with E-state index in [4.69, 9.17) is 38.4 Å². The quantitative estimate of drug-likeness (QED) is 0.634. The van der Waals surface area contributed by atoms with Crippen LogP contribution in [0.15, 0.2) is 48.5 Å². The average Bonchev–Trinajstić information content (AvgIpc) is 3.55. The number of carbonyl (C=O) groups excluding carboxylic acids is 2. The fraction of sp³-hybridized carbons (Fsp3) is 0.391. The molecule has 2 fully saturated rings. The van der Waals surface area contributed by atoms with Crippen LogP contribution in [-0.2, 0) is 14.3 Å². The van der Waals surface area contributed by atoms with Crippen LogP contribution in [0.5, 0.6) is 0 Å². The number of carbonyl (C=O) groups is 2. The Hall–Kier alpha value is -2.28. The molecule has 2 aromatic carbocycles. The van der Waals surface area contributed by atoms with Gasteiger partial charge in [0, 0.05) is 23.0 Å². The SMILES string of the molecule is NC(=O)OCC[C@@H]1O[C@@H](c2cccc(Cl)c2)[C@@H](c2ccc(Cl)cc2)N(CC2CC2)C1=O. The van der Waals surface area contributed by atoms with E-state index >= 15 is 0 Å². The second-order valence-electron chi connectivity index (χ2n) is 7.99. The van der Waals surface area contributed by atoms with Crippen LogP contribution < -0.4 is 5.73 Å². The predicted molar refractivity (Wildman–Crippen MR) is 118 cm³/mol. The Morgan fingerprint density at radius 2 is 1.84 bits per heavy atom. The molecule has 0 spiro atoms. The first-order valence-electron chi connectivity index (χ1n) is 10.3. The van der Waals surface area contributed by atoms with Crippen molar-refractivity contribution in [2.75, 3.05) is 13.2 Å². The Labute approximate surface area is 191 Å². The first kappa shape index (κ1) is 21.9. The second kappa shape index (κ2) is 9.47. The topological polar surface area (TPSA) is 81.9 Å².